The molecule has 3 nitrogen and oxygen atoms in total. The van der Waals surface area contributed by atoms with Crippen molar-refractivity contribution < 1.29 is 14.3 Å². The largest absolute Gasteiger partial charge is 0.450 e. The van der Waals surface area contributed by atoms with Crippen LogP contribution in [0.3, 0.4) is 0 Å². The van der Waals surface area contributed by atoms with E-state index in [-0.39, 0.29) is 11.4 Å². The van der Waals surface area contributed by atoms with E-state index in [1.807, 2.05) is 26.8 Å². The number of esters is 1. The molecule has 1 rings (SSSR count). The number of allylic oxidation sites excluding steroid dienone is 3. The summed E-state index contributed by atoms with van der Waals surface area (Å²) in [6.07, 6.45) is 5.79. The van der Waals surface area contributed by atoms with Gasteiger partial charge < -0.3 is 4.74 Å². The molecule has 0 N–H and O–H groups in total. The Balaban J connectivity index is 2.95. The van der Waals surface area contributed by atoms with Crippen molar-refractivity contribution in [2.75, 3.05) is 0 Å². The maximum absolute atomic E-state index is 11.7. The van der Waals surface area contributed by atoms with E-state index >= 15 is 0 Å². The van der Waals surface area contributed by atoms with Crippen LogP contribution >= 0.6 is 0 Å². The highest BCUT2D eigenvalue weighted by Gasteiger charge is 2.29. The topological polar surface area (TPSA) is 43.4 Å². The quantitative estimate of drug-likeness (QED) is 0.334. The summed E-state index contributed by atoms with van der Waals surface area (Å²) < 4.78 is 5.37. The van der Waals surface area contributed by atoms with Gasteiger partial charge in [0.15, 0.2) is 0 Å². The van der Waals surface area contributed by atoms with Gasteiger partial charge in [-0.3, -0.25) is 4.79 Å². The Morgan fingerprint density at radius 2 is 2.06 bits per heavy atom. The monoisotopic (exact) mass is 248 g/mol. The molecule has 0 bridgehead atoms. The number of ether oxygens (including phenoxy) is 1. The molecule has 0 amide bonds. The summed E-state index contributed by atoms with van der Waals surface area (Å²) in [4.78, 5) is 22.8. The molecular formula is C15H20O3. The van der Waals surface area contributed by atoms with Crippen LogP contribution in [0.4, 0.5) is 0 Å². The Hall–Kier alpha value is -1.64. The number of rotatable bonds is 3. The van der Waals surface area contributed by atoms with Gasteiger partial charge in [0.2, 0.25) is 0 Å². The van der Waals surface area contributed by atoms with Gasteiger partial charge in [0.1, 0.15) is 12.4 Å². The lowest BCUT2D eigenvalue weighted by atomic mass is 9.78. The van der Waals surface area contributed by atoms with E-state index in [0.29, 0.717) is 11.1 Å². The maximum atomic E-state index is 11.7. The molecule has 0 radical (unpaired) electrons. The molecule has 0 heterocycles. The van der Waals surface area contributed by atoms with Gasteiger partial charge in [0.25, 0.3) is 0 Å². The number of hydrogen-bond donors (Lipinski definition) is 0. The van der Waals surface area contributed by atoms with Crippen molar-refractivity contribution >= 4 is 12.3 Å². The highest BCUT2D eigenvalue weighted by molar-refractivity contribution is 5.88. The number of carbonyl (C=O) groups excluding carboxylic acids is 2. The molecular weight excluding hydrogens is 228 g/mol. The van der Waals surface area contributed by atoms with E-state index in [2.05, 4.69) is 0 Å². The van der Waals surface area contributed by atoms with Crippen LogP contribution < -0.4 is 0 Å². The summed E-state index contributed by atoms with van der Waals surface area (Å²) in [7, 11) is 0. The average molecular weight is 248 g/mol. The Morgan fingerprint density at radius 1 is 1.44 bits per heavy atom. The maximum Gasteiger partial charge on any atom is 0.334 e. The fourth-order valence-corrected chi connectivity index (χ4v) is 1.89. The molecule has 0 aromatic heterocycles. The molecule has 0 aliphatic heterocycles. The summed E-state index contributed by atoms with van der Waals surface area (Å²) in [6.45, 7) is 9.33. The van der Waals surface area contributed by atoms with Gasteiger partial charge in [-0.1, -0.05) is 26.0 Å². The minimum Gasteiger partial charge on any atom is -0.450 e. The third-order valence-corrected chi connectivity index (χ3v) is 3.23. The minimum absolute atomic E-state index is 0.301. The average Bonchev–Trinajstić information content (AvgIpc) is 2.30. The fourth-order valence-electron chi connectivity index (χ4n) is 1.89. The lowest BCUT2D eigenvalue weighted by molar-refractivity contribution is -0.141. The Bertz CT molecular complexity index is 450. The minimum atomic E-state index is -0.444. The van der Waals surface area contributed by atoms with Crippen LogP contribution in [0.15, 0.2) is 34.9 Å². The molecule has 3 heteroatoms. The van der Waals surface area contributed by atoms with E-state index in [1.54, 1.807) is 26.0 Å². The number of hydrogen-bond acceptors (Lipinski definition) is 3. The van der Waals surface area contributed by atoms with Crippen molar-refractivity contribution in [2.45, 2.75) is 40.7 Å². The third-order valence-electron chi connectivity index (χ3n) is 3.23. The molecule has 98 valence electrons. The zero-order valence-corrected chi connectivity index (χ0v) is 11.6. The molecule has 0 saturated carbocycles. The van der Waals surface area contributed by atoms with Crippen molar-refractivity contribution in [3.63, 3.8) is 0 Å². The van der Waals surface area contributed by atoms with Crippen molar-refractivity contribution in [1.82, 2.24) is 0 Å². The Labute approximate surface area is 108 Å². The highest BCUT2D eigenvalue weighted by Crippen LogP contribution is 2.34. The SMILES string of the molecule is C/C=C(\C)C(=O)O[C@@H]1C=C(C=O)C(C)(C)C=C1C. The van der Waals surface area contributed by atoms with Crippen molar-refractivity contribution in [3.8, 4) is 0 Å². The van der Waals surface area contributed by atoms with Gasteiger partial charge in [-0.05, 0) is 32.4 Å². The molecule has 0 spiro atoms. The second-order valence-electron chi connectivity index (χ2n) is 5.15. The standard InChI is InChI=1S/C15H20O3/c1-6-10(2)14(17)18-13-7-12(9-16)15(4,5)8-11(13)3/h6-9,13H,1-5H3/b10-6+/t13-/m1/s1. The molecule has 0 aromatic rings. The van der Waals surface area contributed by atoms with Crippen LogP contribution in [0.2, 0.25) is 0 Å². The van der Waals surface area contributed by atoms with E-state index in [0.717, 1.165) is 11.9 Å². The number of carbonyl (C=O) groups is 2. The number of aldehydes is 1. The lowest BCUT2D eigenvalue weighted by Crippen LogP contribution is -2.27. The first-order valence-electron chi connectivity index (χ1n) is 6.02. The molecule has 1 atom stereocenters. The summed E-state index contributed by atoms with van der Waals surface area (Å²) in [5.74, 6) is -0.351. The molecule has 1 aliphatic carbocycles. The first-order valence-corrected chi connectivity index (χ1v) is 6.02. The van der Waals surface area contributed by atoms with E-state index in [4.69, 9.17) is 4.74 Å². The van der Waals surface area contributed by atoms with Gasteiger partial charge in [0.05, 0.1) is 0 Å². The smallest absolute Gasteiger partial charge is 0.334 e. The predicted octanol–water partition coefficient (Wildman–Crippen LogP) is 2.98. The van der Waals surface area contributed by atoms with E-state index < -0.39 is 6.10 Å². The van der Waals surface area contributed by atoms with Crippen LogP contribution in [-0.2, 0) is 14.3 Å². The molecule has 0 fully saturated rings. The first kappa shape index (κ1) is 14.4. The Morgan fingerprint density at radius 3 is 2.56 bits per heavy atom. The van der Waals surface area contributed by atoms with Crippen LogP contribution in [-0.4, -0.2) is 18.4 Å². The van der Waals surface area contributed by atoms with Crippen molar-refractivity contribution in [3.05, 3.63) is 34.9 Å². The fraction of sp³-hybridized carbons (Fsp3) is 0.467. The third kappa shape index (κ3) is 2.97. The molecule has 1 aliphatic rings. The van der Waals surface area contributed by atoms with Crippen LogP contribution in [0, 0.1) is 5.41 Å². The van der Waals surface area contributed by atoms with Gasteiger partial charge in [-0.2, -0.15) is 0 Å². The zero-order valence-electron chi connectivity index (χ0n) is 11.6. The second-order valence-corrected chi connectivity index (χ2v) is 5.15. The van der Waals surface area contributed by atoms with Crippen molar-refractivity contribution in [2.24, 2.45) is 5.41 Å². The molecule has 0 unspecified atom stereocenters. The first-order chi connectivity index (χ1) is 8.31. The summed E-state index contributed by atoms with van der Waals surface area (Å²) >= 11 is 0. The summed E-state index contributed by atoms with van der Waals surface area (Å²) in [5, 5.41) is 0. The molecule has 18 heavy (non-hydrogen) atoms. The van der Waals surface area contributed by atoms with Crippen LogP contribution in [0.5, 0.6) is 0 Å². The van der Waals surface area contributed by atoms with Gasteiger partial charge in [-0.25, -0.2) is 4.79 Å². The Kier molecular flexibility index (Phi) is 4.28. The normalized spacial score (nSPS) is 22.9. The van der Waals surface area contributed by atoms with Crippen LogP contribution in [0.25, 0.3) is 0 Å². The van der Waals surface area contributed by atoms with Crippen molar-refractivity contribution in [1.29, 1.82) is 0 Å². The van der Waals surface area contributed by atoms with Gasteiger partial charge in [0, 0.05) is 16.6 Å². The predicted molar refractivity (Wildman–Crippen MR) is 71.0 cm³/mol. The zero-order chi connectivity index (χ0) is 13.9. The second kappa shape index (κ2) is 5.34. The lowest BCUT2D eigenvalue weighted by Gasteiger charge is -2.30. The van der Waals surface area contributed by atoms with E-state index in [9.17, 15) is 9.59 Å². The van der Waals surface area contributed by atoms with Crippen LogP contribution in [0.1, 0.15) is 34.6 Å². The molecule has 0 saturated heterocycles. The van der Waals surface area contributed by atoms with Gasteiger partial charge in [-0.15, -0.1) is 0 Å². The molecule has 0 aromatic carbocycles. The summed E-state index contributed by atoms with van der Waals surface area (Å²) in [6, 6.07) is 0. The van der Waals surface area contributed by atoms with Gasteiger partial charge >= 0.3 is 5.97 Å². The van der Waals surface area contributed by atoms with E-state index in [1.165, 1.54) is 0 Å². The highest BCUT2D eigenvalue weighted by atomic mass is 16.5. The summed E-state index contributed by atoms with van der Waals surface area (Å²) in [5.41, 5.74) is 1.85.